The molecule has 356 valence electrons. The van der Waals surface area contributed by atoms with Gasteiger partial charge in [0.25, 0.3) is 0 Å². The van der Waals surface area contributed by atoms with Crippen molar-refractivity contribution in [3.05, 3.63) is 76.9 Å². The molecule has 2 aromatic rings. The Hall–Kier alpha value is -4.07. The third-order valence-electron chi connectivity index (χ3n) is 14.7. The average Bonchev–Trinajstić information content (AvgIpc) is 3.65. The molecule has 2 bridgehead atoms. The van der Waals surface area contributed by atoms with Crippen LogP contribution in [0.4, 0.5) is 9.18 Å². The van der Waals surface area contributed by atoms with Gasteiger partial charge in [0.15, 0.2) is 18.0 Å². The summed E-state index contributed by atoms with van der Waals surface area (Å²) in [5, 5.41) is 28.3. The number of nitrogens with one attached hydrogen (secondary N) is 1. The van der Waals surface area contributed by atoms with Crippen LogP contribution in [0.2, 0.25) is 0 Å². The number of carbonyl (C=O) groups excluding carboxylic acids is 3. The molecule has 1 aromatic heterocycles. The average molecular weight is 910 g/mol. The first kappa shape index (κ1) is 47.4. The number of aliphatic hydroxyl groups is 2. The van der Waals surface area contributed by atoms with Crippen LogP contribution in [-0.2, 0) is 54.1 Å². The van der Waals surface area contributed by atoms with Crippen molar-refractivity contribution in [1.29, 1.82) is 0 Å². The van der Waals surface area contributed by atoms with E-state index in [0.29, 0.717) is 56.8 Å². The van der Waals surface area contributed by atoms with Crippen LogP contribution in [0.3, 0.4) is 0 Å². The number of amides is 1. The lowest BCUT2D eigenvalue weighted by Crippen LogP contribution is -2.79. The Labute approximate surface area is 379 Å². The van der Waals surface area contributed by atoms with Gasteiger partial charge in [0.2, 0.25) is 0 Å². The van der Waals surface area contributed by atoms with E-state index < -0.39 is 106 Å². The van der Waals surface area contributed by atoms with Gasteiger partial charge in [-0.3, -0.25) is 14.7 Å². The maximum absolute atomic E-state index is 14.4. The molecule has 3 saturated heterocycles. The molecule has 1 aromatic carbocycles. The standard InChI is InChI=1S/C48H64FN3O13/c1-27-32(61-42(55)37(54)36(31-15-14-30(49)23-50-31)51-43(56)65-44(3,4)5)22-48(57)41(59-25-29-12-10-9-11-13-29)39-46(8,17-16-33-47(39,26-60-33)64-28(2)53)40-38(35(27)45(48,6)7)62-34(63-40)24-52-18-20-58-21-19-52/h9-15,23,32-34,36-41,54,57H,16-22,24-26H2,1-8H3,(H,51,56)/t32-,33+,34+,36-,37+,38+,39-,40+,41-,46+,47-,48+/m0/s1. The highest BCUT2D eigenvalue weighted by molar-refractivity contribution is 5.78. The topological polar surface area (TPSA) is 194 Å². The summed E-state index contributed by atoms with van der Waals surface area (Å²) in [6.07, 6.45) is -6.19. The van der Waals surface area contributed by atoms with Crippen LogP contribution in [0.5, 0.6) is 0 Å². The fourth-order valence-electron chi connectivity index (χ4n) is 11.5. The number of hydrogen-bond acceptors (Lipinski definition) is 15. The summed E-state index contributed by atoms with van der Waals surface area (Å²) >= 11 is 0. The van der Waals surface area contributed by atoms with E-state index in [9.17, 15) is 29.0 Å². The van der Waals surface area contributed by atoms with Gasteiger partial charge in [0, 0.05) is 49.7 Å². The van der Waals surface area contributed by atoms with E-state index >= 15 is 0 Å². The van der Waals surface area contributed by atoms with E-state index in [1.165, 1.54) is 13.0 Å². The largest absolute Gasteiger partial charge is 0.456 e. The SMILES string of the molecule is CC(=O)O[C@@]12CO[C@@H]1CC[C@@]1(C)[C@@H]3O[C@H](CN4CCOCC4)O[C@@H]3C3=C(C)[C@@H](OC(=O)[C@H](O)[C@@H](NC(=O)OC(C)(C)C)c4ccc(F)cn4)C[C@@](O)([C@@H](OCc4ccccc4)[C@@H]12)C3(C)C. The third-order valence-corrected chi connectivity index (χ3v) is 14.7. The molecule has 3 aliphatic carbocycles. The van der Waals surface area contributed by atoms with Crippen LogP contribution in [0, 0.1) is 22.6 Å². The number of morpholine rings is 1. The number of hydrogen-bond donors (Lipinski definition) is 3. The summed E-state index contributed by atoms with van der Waals surface area (Å²) in [5.74, 6) is -3.07. The number of carbonyl (C=O) groups is 3. The molecule has 3 N–H and O–H groups in total. The molecule has 12 atom stereocenters. The van der Waals surface area contributed by atoms with Crippen LogP contribution >= 0.6 is 0 Å². The maximum atomic E-state index is 14.4. The van der Waals surface area contributed by atoms with E-state index in [1.54, 1.807) is 20.8 Å². The van der Waals surface area contributed by atoms with Crippen molar-refractivity contribution in [2.45, 2.75) is 147 Å². The Morgan fingerprint density at radius 2 is 1.78 bits per heavy atom. The number of benzene rings is 1. The Bertz CT molecular complexity index is 2110. The second-order valence-electron chi connectivity index (χ2n) is 20.3. The summed E-state index contributed by atoms with van der Waals surface area (Å²) in [6.45, 7) is 17.2. The third kappa shape index (κ3) is 8.83. The van der Waals surface area contributed by atoms with Crippen molar-refractivity contribution >= 4 is 18.0 Å². The van der Waals surface area contributed by atoms with Crippen LogP contribution in [-0.4, -0.2) is 137 Å². The summed E-state index contributed by atoms with van der Waals surface area (Å²) in [7, 11) is 0. The molecule has 65 heavy (non-hydrogen) atoms. The number of pyridine rings is 1. The Balaban J connectivity index is 1.24. The second kappa shape index (κ2) is 17.9. The van der Waals surface area contributed by atoms with E-state index in [0.717, 1.165) is 17.8 Å². The minimum Gasteiger partial charge on any atom is -0.456 e. The zero-order chi connectivity index (χ0) is 46.7. The summed E-state index contributed by atoms with van der Waals surface area (Å²) in [4.78, 5) is 47.1. The van der Waals surface area contributed by atoms with E-state index in [-0.39, 0.29) is 25.3 Å². The lowest BCUT2D eigenvalue weighted by Gasteiger charge is -2.68. The second-order valence-corrected chi connectivity index (χ2v) is 20.3. The number of fused-ring (bicyclic) bond motifs is 8. The van der Waals surface area contributed by atoms with Crippen molar-refractivity contribution in [3.8, 4) is 0 Å². The van der Waals surface area contributed by atoms with Crippen LogP contribution in [0.25, 0.3) is 0 Å². The quantitative estimate of drug-likeness (QED) is 0.160. The number of aromatic nitrogens is 1. The molecular weight excluding hydrogens is 846 g/mol. The molecule has 4 heterocycles. The number of aliphatic hydroxyl groups excluding tert-OH is 1. The van der Waals surface area contributed by atoms with E-state index in [4.69, 9.17) is 37.9 Å². The normalized spacial score (nSPS) is 35.2. The number of esters is 2. The Morgan fingerprint density at radius 1 is 1.06 bits per heavy atom. The molecule has 17 heteroatoms. The first-order valence-electron chi connectivity index (χ1n) is 22.7. The van der Waals surface area contributed by atoms with Gasteiger partial charge in [0.1, 0.15) is 41.4 Å². The number of nitrogens with zero attached hydrogens (tertiary/aromatic N) is 2. The molecule has 6 aliphatic rings. The molecule has 8 rings (SSSR count). The Morgan fingerprint density at radius 3 is 2.42 bits per heavy atom. The summed E-state index contributed by atoms with van der Waals surface area (Å²) in [5.41, 5.74) is -4.03. The van der Waals surface area contributed by atoms with Crippen LogP contribution in [0.1, 0.15) is 92.0 Å². The number of alkyl carbamates (subject to hydrolysis) is 1. The predicted octanol–water partition coefficient (Wildman–Crippen LogP) is 4.70. The summed E-state index contributed by atoms with van der Waals surface area (Å²) < 4.78 is 65.4. The van der Waals surface area contributed by atoms with Gasteiger partial charge in [-0.1, -0.05) is 51.1 Å². The molecule has 1 amide bonds. The van der Waals surface area contributed by atoms with Gasteiger partial charge >= 0.3 is 18.0 Å². The van der Waals surface area contributed by atoms with E-state index in [2.05, 4.69) is 22.1 Å². The minimum atomic E-state index is -2.07. The molecule has 3 aliphatic heterocycles. The van der Waals surface area contributed by atoms with Crippen molar-refractivity contribution in [1.82, 2.24) is 15.2 Å². The molecule has 16 nitrogen and oxygen atoms in total. The zero-order valence-corrected chi connectivity index (χ0v) is 38.5. The number of ether oxygens (including phenoxy) is 8. The first-order valence-corrected chi connectivity index (χ1v) is 22.7. The van der Waals surface area contributed by atoms with Crippen LogP contribution < -0.4 is 5.32 Å². The zero-order valence-electron chi connectivity index (χ0n) is 38.5. The summed E-state index contributed by atoms with van der Waals surface area (Å²) in [6, 6.07) is 10.4. The van der Waals surface area contributed by atoms with Gasteiger partial charge in [0.05, 0.1) is 50.5 Å². The van der Waals surface area contributed by atoms with Crippen molar-refractivity contribution in [2.75, 3.05) is 39.5 Å². The fraction of sp³-hybridized carbons (Fsp3) is 0.667. The van der Waals surface area contributed by atoms with Crippen molar-refractivity contribution in [2.24, 2.45) is 16.7 Å². The molecule has 0 unspecified atom stereocenters. The maximum Gasteiger partial charge on any atom is 0.408 e. The fourth-order valence-corrected chi connectivity index (χ4v) is 11.5. The van der Waals surface area contributed by atoms with Crippen molar-refractivity contribution in [3.63, 3.8) is 0 Å². The van der Waals surface area contributed by atoms with Gasteiger partial charge in [-0.25, -0.2) is 14.0 Å². The van der Waals surface area contributed by atoms with Gasteiger partial charge in [-0.2, -0.15) is 0 Å². The highest BCUT2D eigenvalue weighted by atomic mass is 19.1. The molecule has 5 fully saturated rings. The lowest BCUT2D eigenvalue weighted by molar-refractivity contribution is -0.352. The highest BCUT2D eigenvalue weighted by Gasteiger charge is 2.76. The molecular formula is C48H64FN3O13. The number of halogens is 1. The first-order chi connectivity index (χ1) is 30.7. The Kier molecular flexibility index (Phi) is 13.0. The lowest BCUT2D eigenvalue weighted by atomic mass is 9.45. The van der Waals surface area contributed by atoms with Gasteiger partial charge < -0.3 is 53.4 Å². The molecule has 0 radical (unpaired) electrons. The number of rotatable bonds is 11. The predicted molar refractivity (Wildman–Crippen MR) is 229 cm³/mol. The minimum absolute atomic E-state index is 0.0324. The van der Waals surface area contributed by atoms with Crippen molar-refractivity contribution < 1.29 is 66.9 Å². The van der Waals surface area contributed by atoms with Crippen LogP contribution in [0.15, 0.2) is 59.8 Å². The van der Waals surface area contributed by atoms with E-state index in [1.807, 2.05) is 51.1 Å². The molecule has 2 saturated carbocycles. The monoisotopic (exact) mass is 909 g/mol. The van der Waals surface area contributed by atoms with Gasteiger partial charge in [-0.15, -0.1) is 0 Å². The highest BCUT2D eigenvalue weighted by Crippen LogP contribution is 2.66. The molecule has 0 spiro atoms. The smallest absolute Gasteiger partial charge is 0.408 e. The van der Waals surface area contributed by atoms with Gasteiger partial charge in [-0.05, 0) is 69.4 Å².